The monoisotopic (exact) mass is 467 g/mol. The number of hydrogen-bond acceptors (Lipinski definition) is 6. The van der Waals surface area contributed by atoms with Crippen LogP contribution in [-0.4, -0.2) is 63.9 Å². The molecular weight excluding hydrogens is 434 g/mol. The maximum atomic E-state index is 13.0. The molecule has 3 aromatic rings. The molecule has 0 spiro atoms. The summed E-state index contributed by atoms with van der Waals surface area (Å²) in [5, 5.41) is 3.70. The first-order valence-electron chi connectivity index (χ1n) is 11.4. The van der Waals surface area contributed by atoms with Crippen molar-refractivity contribution in [2.24, 2.45) is 0 Å². The number of aryl methyl sites for hydroxylation is 2. The van der Waals surface area contributed by atoms with Crippen LogP contribution in [0.3, 0.4) is 0 Å². The van der Waals surface area contributed by atoms with Gasteiger partial charge in [0.25, 0.3) is 5.56 Å². The second kappa shape index (κ2) is 9.37. The van der Waals surface area contributed by atoms with Crippen LogP contribution in [0.15, 0.2) is 29.1 Å². The summed E-state index contributed by atoms with van der Waals surface area (Å²) in [6, 6.07) is 8.28. The van der Waals surface area contributed by atoms with E-state index in [1.807, 2.05) is 20.8 Å². The molecule has 1 aliphatic rings. The van der Waals surface area contributed by atoms with Gasteiger partial charge in [-0.2, -0.15) is 0 Å². The van der Waals surface area contributed by atoms with Gasteiger partial charge in [-0.1, -0.05) is 29.8 Å². The Morgan fingerprint density at radius 3 is 2.36 bits per heavy atom. The van der Waals surface area contributed by atoms with E-state index in [0.29, 0.717) is 24.3 Å². The Bertz CT molecular complexity index is 1200. The molecule has 0 atom stereocenters. The van der Waals surface area contributed by atoms with Crippen LogP contribution in [0.4, 0.5) is 0 Å². The normalized spacial score (nSPS) is 15.8. The molecule has 0 aliphatic carbocycles. The Morgan fingerprint density at radius 1 is 1.09 bits per heavy atom. The maximum absolute atomic E-state index is 13.0. The largest absolute Gasteiger partial charge is 0.350 e. The van der Waals surface area contributed by atoms with Crippen LogP contribution in [0.2, 0.25) is 0 Å². The van der Waals surface area contributed by atoms with E-state index in [9.17, 15) is 9.59 Å². The zero-order valence-corrected chi connectivity index (χ0v) is 20.9. The Balaban J connectivity index is 1.44. The van der Waals surface area contributed by atoms with Gasteiger partial charge in [0.15, 0.2) is 0 Å². The average molecular weight is 468 g/mol. The van der Waals surface area contributed by atoms with Crippen LogP contribution in [0.5, 0.6) is 0 Å². The van der Waals surface area contributed by atoms with E-state index in [1.165, 1.54) is 5.56 Å². The number of piperazine rings is 1. The lowest BCUT2D eigenvalue weighted by atomic mass is 10.0. The Hall–Kier alpha value is -2.55. The van der Waals surface area contributed by atoms with E-state index >= 15 is 0 Å². The number of benzene rings is 1. The first-order chi connectivity index (χ1) is 15.6. The van der Waals surface area contributed by atoms with Crippen molar-refractivity contribution >= 4 is 27.5 Å². The molecule has 0 unspecified atom stereocenters. The van der Waals surface area contributed by atoms with Gasteiger partial charge in [-0.05, 0) is 40.2 Å². The van der Waals surface area contributed by atoms with Crippen molar-refractivity contribution in [1.82, 2.24) is 25.1 Å². The van der Waals surface area contributed by atoms with Gasteiger partial charge in [0, 0.05) is 42.2 Å². The smallest absolute Gasteiger partial charge is 0.260 e. The Labute approximate surface area is 198 Å². The minimum atomic E-state index is -0.214. The summed E-state index contributed by atoms with van der Waals surface area (Å²) in [5.74, 6) is 0.757. The SMILES string of the molecule is Cc1ccc(-c2c(C)sc3nc(CN4CCN(CC(=O)NC(C)(C)C)CC4)[nH]c(=O)c23)cc1. The predicted molar refractivity (Wildman–Crippen MR) is 135 cm³/mol. The fourth-order valence-electron chi connectivity index (χ4n) is 4.28. The summed E-state index contributed by atoms with van der Waals surface area (Å²) in [4.78, 5) is 39.4. The fraction of sp³-hybridized carbons (Fsp3) is 0.480. The Morgan fingerprint density at radius 2 is 1.73 bits per heavy atom. The zero-order valence-electron chi connectivity index (χ0n) is 20.1. The van der Waals surface area contributed by atoms with Crippen LogP contribution in [0, 0.1) is 13.8 Å². The van der Waals surface area contributed by atoms with Gasteiger partial charge in [-0.3, -0.25) is 19.4 Å². The van der Waals surface area contributed by atoms with Crippen molar-refractivity contribution in [3.8, 4) is 11.1 Å². The molecule has 1 fully saturated rings. The minimum absolute atomic E-state index is 0.0600. The number of rotatable bonds is 5. The summed E-state index contributed by atoms with van der Waals surface area (Å²) in [6.45, 7) is 14.4. The van der Waals surface area contributed by atoms with Gasteiger partial charge in [0.2, 0.25) is 5.91 Å². The molecule has 1 saturated heterocycles. The topological polar surface area (TPSA) is 81.3 Å². The zero-order chi connectivity index (χ0) is 23.8. The molecular formula is C25H33N5O2S. The lowest BCUT2D eigenvalue weighted by Crippen LogP contribution is -2.51. The lowest BCUT2D eigenvalue weighted by Gasteiger charge is -2.34. The minimum Gasteiger partial charge on any atom is -0.350 e. The van der Waals surface area contributed by atoms with E-state index in [-0.39, 0.29) is 17.0 Å². The van der Waals surface area contributed by atoms with Gasteiger partial charge in [0.1, 0.15) is 10.7 Å². The average Bonchev–Trinajstić information content (AvgIpc) is 3.05. The lowest BCUT2D eigenvalue weighted by molar-refractivity contribution is -0.124. The molecule has 2 aromatic heterocycles. The molecule has 8 heteroatoms. The summed E-state index contributed by atoms with van der Waals surface area (Å²) in [5.41, 5.74) is 2.94. The molecule has 7 nitrogen and oxygen atoms in total. The standard InChI is InChI=1S/C25H33N5O2S/c1-16-6-8-18(9-7-16)21-17(2)33-24-22(21)23(32)26-19(27-24)14-29-10-12-30(13-11-29)15-20(31)28-25(3,4)5/h6-9H,10-15H2,1-5H3,(H,28,31)(H,26,27,32). The molecule has 2 N–H and O–H groups in total. The number of amides is 1. The summed E-state index contributed by atoms with van der Waals surface area (Å²) in [7, 11) is 0. The highest BCUT2D eigenvalue weighted by Crippen LogP contribution is 2.35. The number of aromatic amines is 1. The highest BCUT2D eigenvalue weighted by molar-refractivity contribution is 7.19. The van der Waals surface area contributed by atoms with Crippen molar-refractivity contribution in [1.29, 1.82) is 0 Å². The fourth-order valence-corrected chi connectivity index (χ4v) is 5.35. The van der Waals surface area contributed by atoms with Crippen LogP contribution in [0.25, 0.3) is 21.3 Å². The maximum Gasteiger partial charge on any atom is 0.260 e. The number of carbonyl (C=O) groups is 1. The van der Waals surface area contributed by atoms with Gasteiger partial charge in [-0.15, -0.1) is 11.3 Å². The first kappa shape index (κ1) is 23.6. The molecule has 0 saturated carbocycles. The van der Waals surface area contributed by atoms with E-state index < -0.39 is 0 Å². The number of carbonyl (C=O) groups excluding carboxylic acids is 1. The van der Waals surface area contributed by atoms with E-state index in [0.717, 1.165) is 47.0 Å². The van der Waals surface area contributed by atoms with Gasteiger partial charge in [-0.25, -0.2) is 4.98 Å². The predicted octanol–water partition coefficient (Wildman–Crippen LogP) is 3.30. The molecule has 4 rings (SSSR count). The van der Waals surface area contributed by atoms with Crippen LogP contribution < -0.4 is 10.9 Å². The molecule has 1 amide bonds. The van der Waals surface area contributed by atoms with E-state index in [4.69, 9.17) is 4.98 Å². The number of nitrogens with zero attached hydrogens (tertiary/aromatic N) is 3. The number of thiophene rings is 1. The van der Waals surface area contributed by atoms with E-state index in [2.05, 4.69) is 58.2 Å². The first-order valence-corrected chi connectivity index (χ1v) is 12.3. The second-order valence-corrected chi connectivity index (χ2v) is 11.1. The third kappa shape index (κ3) is 5.69. The number of fused-ring (bicyclic) bond motifs is 1. The summed E-state index contributed by atoms with van der Waals surface area (Å²) >= 11 is 1.58. The number of hydrogen-bond donors (Lipinski definition) is 2. The van der Waals surface area contributed by atoms with Gasteiger partial charge in [0.05, 0.1) is 18.5 Å². The molecule has 1 aliphatic heterocycles. The molecule has 1 aromatic carbocycles. The molecule has 176 valence electrons. The number of aromatic nitrogens is 2. The third-order valence-electron chi connectivity index (χ3n) is 5.85. The van der Waals surface area contributed by atoms with Crippen LogP contribution in [-0.2, 0) is 11.3 Å². The summed E-state index contributed by atoms with van der Waals surface area (Å²) in [6.07, 6.45) is 0. The number of H-pyrrole nitrogens is 1. The van der Waals surface area contributed by atoms with Crippen LogP contribution in [0.1, 0.15) is 37.0 Å². The quantitative estimate of drug-likeness (QED) is 0.602. The van der Waals surface area contributed by atoms with Crippen molar-refractivity contribution in [2.75, 3.05) is 32.7 Å². The molecule has 0 radical (unpaired) electrons. The van der Waals surface area contributed by atoms with Gasteiger partial charge < -0.3 is 10.3 Å². The van der Waals surface area contributed by atoms with Crippen molar-refractivity contribution < 1.29 is 4.79 Å². The van der Waals surface area contributed by atoms with E-state index in [1.54, 1.807) is 11.3 Å². The highest BCUT2D eigenvalue weighted by Gasteiger charge is 2.22. The number of nitrogens with one attached hydrogen (secondary N) is 2. The van der Waals surface area contributed by atoms with Crippen molar-refractivity contribution in [3.05, 3.63) is 50.9 Å². The molecule has 3 heterocycles. The molecule has 33 heavy (non-hydrogen) atoms. The third-order valence-corrected chi connectivity index (χ3v) is 6.85. The van der Waals surface area contributed by atoms with Gasteiger partial charge >= 0.3 is 0 Å². The molecule has 0 bridgehead atoms. The second-order valence-electron chi connectivity index (χ2n) is 9.94. The highest BCUT2D eigenvalue weighted by atomic mass is 32.1. The van der Waals surface area contributed by atoms with Crippen molar-refractivity contribution in [3.63, 3.8) is 0 Å². The van der Waals surface area contributed by atoms with Crippen LogP contribution >= 0.6 is 11.3 Å². The summed E-state index contributed by atoms with van der Waals surface area (Å²) < 4.78 is 0. The van der Waals surface area contributed by atoms with Crippen molar-refractivity contribution in [2.45, 2.75) is 46.7 Å². The Kier molecular flexibility index (Phi) is 6.70.